The highest BCUT2D eigenvalue weighted by atomic mass is 16.5. The lowest BCUT2D eigenvalue weighted by Crippen LogP contribution is -2.61. The molecule has 2 aliphatic heterocycles. The summed E-state index contributed by atoms with van der Waals surface area (Å²) in [6.45, 7) is 7.02. The largest absolute Gasteiger partial charge is 0.497 e. The number of ketones is 1. The number of hydrogen-bond donors (Lipinski definition) is 0. The van der Waals surface area contributed by atoms with Gasteiger partial charge < -0.3 is 14.4 Å². The van der Waals surface area contributed by atoms with E-state index < -0.39 is 0 Å². The molecule has 2 spiro atoms. The van der Waals surface area contributed by atoms with E-state index in [0.29, 0.717) is 24.9 Å². The average Bonchev–Trinajstić information content (AvgIpc) is 3.17. The molecule has 158 valence electrons. The molecule has 2 bridgehead atoms. The molecule has 1 saturated heterocycles. The average molecular weight is 400 g/mol. The Bertz CT molecular complexity index is 827. The van der Waals surface area contributed by atoms with E-state index in [1.54, 1.807) is 0 Å². The van der Waals surface area contributed by atoms with Crippen LogP contribution in [-0.2, 0) is 19.1 Å². The zero-order valence-electron chi connectivity index (χ0n) is 18.1. The van der Waals surface area contributed by atoms with Crippen molar-refractivity contribution in [2.75, 3.05) is 33.9 Å². The minimum absolute atomic E-state index is 0.0272. The smallest absolute Gasteiger partial charge is 0.309 e. The molecule has 0 unspecified atom stereocenters. The van der Waals surface area contributed by atoms with Gasteiger partial charge in [0.15, 0.2) is 5.78 Å². The molecule has 5 atom stereocenters. The van der Waals surface area contributed by atoms with Crippen LogP contribution in [0.5, 0.6) is 0 Å². The molecule has 0 aromatic heterocycles. The van der Waals surface area contributed by atoms with E-state index in [0.717, 1.165) is 50.1 Å². The quantitative estimate of drug-likeness (QED) is 0.667. The lowest BCUT2D eigenvalue weighted by molar-refractivity contribution is -0.149. The van der Waals surface area contributed by atoms with Gasteiger partial charge in [-0.15, -0.1) is 0 Å². The summed E-state index contributed by atoms with van der Waals surface area (Å²) in [6.07, 6.45) is 6.50. The first-order valence-corrected chi connectivity index (χ1v) is 11.2. The van der Waals surface area contributed by atoms with Gasteiger partial charge in [0, 0.05) is 42.2 Å². The molecule has 2 heterocycles. The third kappa shape index (κ3) is 2.43. The van der Waals surface area contributed by atoms with E-state index in [1.165, 1.54) is 12.7 Å². The van der Waals surface area contributed by atoms with Crippen LogP contribution in [0.4, 0.5) is 0 Å². The SMILES string of the molecule is COC(=O)[C@@H]1C[C@]23CN(C)C[C@H](CCC4=C2[C@@H]1CC4=O)[C@]31CC=C(C(C)C)OC1. The Kier molecular flexibility index (Phi) is 4.29. The van der Waals surface area contributed by atoms with Crippen molar-refractivity contribution < 1.29 is 19.1 Å². The molecule has 5 aliphatic rings. The summed E-state index contributed by atoms with van der Waals surface area (Å²) in [4.78, 5) is 28.2. The molecule has 1 saturated carbocycles. The minimum Gasteiger partial charge on any atom is -0.497 e. The van der Waals surface area contributed by atoms with Gasteiger partial charge in [-0.25, -0.2) is 0 Å². The molecule has 5 heteroatoms. The first-order chi connectivity index (χ1) is 13.8. The van der Waals surface area contributed by atoms with Crippen molar-refractivity contribution in [3.8, 4) is 0 Å². The molecule has 0 amide bonds. The fraction of sp³-hybridized carbons (Fsp3) is 0.750. The number of ether oxygens (including phenoxy) is 2. The van der Waals surface area contributed by atoms with E-state index in [1.807, 2.05) is 0 Å². The van der Waals surface area contributed by atoms with Gasteiger partial charge >= 0.3 is 5.97 Å². The molecule has 0 N–H and O–H groups in total. The second-order valence-electron chi connectivity index (χ2n) is 10.4. The molecule has 0 radical (unpaired) electrons. The van der Waals surface area contributed by atoms with Crippen LogP contribution in [0.15, 0.2) is 23.0 Å². The van der Waals surface area contributed by atoms with Gasteiger partial charge in [0.2, 0.25) is 0 Å². The topological polar surface area (TPSA) is 55.8 Å². The summed E-state index contributed by atoms with van der Waals surface area (Å²) in [5.41, 5.74) is 2.18. The normalized spacial score (nSPS) is 41.3. The maximum Gasteiger partial charge on any atom is 0.309 e. The number of Topliss-reactive ketones (excluding diaryl/α,β-unsaturated/α-hetero) is 1. The number of carbonyl (C=O) groups excluding carboxylic acids is 2. The Morgan fingerprint density at radius 3 is 2.83 bits per heavy atom. The summed E-state index contributed by atoms with van der Waals surface area (Å²) in [5.74, 6) is 1.92. The van der Waals surface area contributed by atoms with Crippen LogP contribution >= 0.6 is 0 Å². The first kappa shape index (κ1) is 19.3. The maximum atomic E-state index is 13.0. The molecule has 0 aromatic carbocycles. The summed E-state index contributed by atoms with van der Waals surface area (Å²) in [5, 5.41) is 0. The summed E-state index contributed by atoms with van der Waals surface area (Å²) >= 11 is 0. The number of piperidine rings is 1. The highest BCUT2D eigenvalue weighted by Gasteiger charge is 2.69. The van der Waals surface area contributed by atoms with E-state index in [4.69, 9.17) is 9.47 Å². The summed E-state index contributed by atoms with van der Waals surface area (Å²) in [7, 11) is 3.68. The number of likely N-dealkylation sites (tertiary alicyclic amines) is 1. The van der Waals surface area contributed by atoms with Crippen molar-refractivity contribution in [1.82, 2.24) is 4.90 Å². The molecule has 2 fully saturated rings. The lowest BCUT2D eigenvalue weighted by atomic mass is 9.51. The van der Waals surface area contributed by atoms with Crippen LogP contribution in [-0.4, -0.2) is 50.5 Å². The molecule has 5 nitrogen and oxygen atoms in total. The number of methoxy groups -OCH3 is 1. The minimum atomic E-state index is -0.200. The van der Waals surface area contributed by atoms with E-state index in [9.17, 15) is 9.59 Å². The van der Waals surface area contributed by atoms with E-state index >= 15 is 0 Å². The lowest BCUT2D eigenvalue weighted by Gasteiger charge is -2.59. The number of allylic oxidation sites excluding steroid dienone is 3. The van der Waals surface area contributed by atoms with Gasteiger partial charge in [0.05, 0.1) is 25.4 Å². The fourth-order valence-electron chi connectivity index (χ4n) is 7.65. The number of carbonyl (C=O) groups is 2. The first-order valence-electron chi connectivity index (χ1n) is 11.2. The molecule has 5 rings (SSSR count). The molecule has 3 aliphatic carbocycles. The number of hydrogen-bond acceptors (Lipinski definition) is 5. The third-order valence-electron chi connectivity index (χ3n) is 8.79. The summed E-state index contributed by atoms with van der Waals surface area (Å²) < 4.78 is 11.6. The van der Waals surface area contributed by atoms with Crippen LogP contribution < -0.4 is 0 Å². The van der Waals surface area contributed by atoms with Crippen molar-refractivity contribution in [3.63, 3.8) is 0 Å². The number of rotatable bonds is 2. The van der Waals surface area contributed by atoms with E-state index in [2.05, 4.69) is 31.9 Å². The molecule has 29 heavy (non-hydrogen) atoms. The Morgan fingerprint density at radius 1 is 1.38 bits per heavy atom. The standard InChI is InChI=1S/C24H33NO4/c1-14(2)20-7-8-23(13-29-20)15-5-6-16-19(26)9-17-18(22(27)28-4)10-24(23,21(16)17)12-25(3)11-15/h7,14-15,17-18H,5-6,8-13H2,1-4H3/t15-,17+,18+,23+,24-/m0/s1. The van der Waals surface area contributed by atoms with Gasteiger partial charge in [0.25, 0.3) is 0 Å². The maximum absolute atomic E-state index is 13.0. The Balaban J connectivity index is 1.69. The van der Waals surface area contributed by atoms with Crippen LogP contribution in [0.1, 0.15) is 46.0 Å². The predicted molar refractivity (Wildman–Crippen MR) is 109 cm³/mol. The van der Waals surface area contributed by atoms with Gasteiger partial charge in [-0.1, -0.05) is 19.4 Å². The second kappa shape index (κ2) is 6.44. The Hall–Kier alpha value is -1.62. The van der Waals surface area contributed by atoms with Crippen molar-refractivity contribution in [1.29, 1.82) is 0 Å². The highest BCUT2D eigenvalue weighted by Crippen LogP contribution is 2.70. The fourth-order valence-corrected chi connectivity index (χ4v) is 7.65. The zero-order valence-corrected chi connectivity index (χ0v) is 18.1. The van der Waals surface area contributed by atoms with Crippen molar-refractivity contribution in [2.24, 2.45) is 34.5 Å². The highest BCUT2D eigenvalue weighted by molar-refractivity contribution is 6.01. The van der Waals surface area contributed by atoms with Crippen LogP contribution in [0.3, 0.4) is 0 Å². The van der Waals surface area contributed by atoms with E-state index in [-0.39, 0.29) is 34.4 Å². The van der Waals surface area contributed by atoms with Gasteiger partial charge in [-0.3, -0.25) is 9.59 Å². The molecule has 0 aromatic rings. The summed E-state index contributed by atoms with van der Waals surface area (Å²) in [6, 6.07) is 0. The predicted octanol–water partition coefficient (Wildman–Crippen LogP) is 3.35. The van der Waals surface area contributed by atoms with Gasteiger partial charge in [0.1, 0.15) is 0 Å². The van der Waals surface area contributed by atoms with Crippen molar-refractivity contribution in [2.45, 2.75) is 46.0 Å². The third-order valence-corrected chi connectivity index (χ3v) is 8.79. The van der Waals surface area contributed by atoms with Crippen molar-refractivity contribution >= 4 is 11.8 Å². The Labute approximate surface area is 173 Å². The second-order valence-corrected chi connectivity index (χ2v) is 10.4. The Morgan fingerprint density at radius 2 is 2.17 bits per heavy atom. The van der Waals surface area contributed by atoms with Crippen molar-refractivity contribution in [3.05, 3.63) is 23.0 Å². The monoisotopic (exact) mass is 399 g/mol. The van der Waals surface area contributed by atoms with Gasteiger partial charge in [-0.2, -0.15) is 0 Å². The number of esters is 1. The van der Waals surface area contributed by atoms with Crippen LogP contribution in [0.2, 0.25) is 0 Å². The van der Waals surface area contributed by atoms with Crippen LogP contribution in [0, 0.1) is 34.5 Å². The molecular formula is C24H33NO4. The van der Waals surface area contributed by atoms with Gasteiger partial charge in [-0.05, 0) is 50.3 Å². The number of nitrogens with zero attached hydrogens (tertiary/aromatic N) is 1. The zero-order chi connectivity index (χ0) is 20.6. The van der Waals surface area contributed by atoms with Crippen LogP contribution in [0.25, 0.3) is 0 Å². The molecular weight excluding hydrogens is 366 g/mol.